The van der Waals surface area contributed by atoms with Gasteiger partial charge in [-0.25, -0.2) is 4.98 Å². The molecule has 0 aliphatic heterocycles. The first-order valence-electron chi connectivity index (χ1n) is 8.12. The molecule has 0 fully saturated rings. The fraction of sp³-hybridized carbons (Fsp3) is 0.333. The number of hydrogen-bond acceptors (Lipinski definition) is 4. The molecule has 3 rings (SSSR count). The van der Waals surface area contributed by atoms with Crippen LogP contribution in [0, 0.1) is 5.41 Å². The van der Waals surface area contributed by atoms with Crippen LogP contribution >= 0.6 is 23.2 Å². The van der Waals surface area contributed by atoms with Crippen molar-refractivity contribution < 1.29 is 0 Å². The SMILES string of the molecule is CC(C)(CNCc1cc(Cl)cc(Cl)c1)CNc1nc2ncccc2[nH]1. The summed E-state index contributed by atoms with van der Waals surface area (Å²) in [5, 5.41) is 8.12. The van der Waals surface area contributed by atoms with E-state index in [1.807, 2.05) is 24.3 Å². The zero-order chi connectivity index (χ0) is 17.9. The molecule has 0 saturated heterocycles. The van der Waals surface area contributed by atoms with Gasteiger partial charge in [0.2, 0.25) is 5.95 Å². The molecular formula is C18H21Cl2N5. The Hall–Kier alpha value is -1.82. The summed E-state index contributed by atoms with van der Waals surface area (Å²) in [6.45, 7) is 6.72. The zero-order valence-corrected chi connectivity index (χ0v) is 15.7. The molecule has 0 spiro atoms. The van der Waals surface area contributed by atoms with E-state index >= 15 is 0 Å². The third-order valence-corrected chi connectivity index (χ3v) is 4.28. The van der Waals surface area contributed by atoms with Gasteiger partial charge in [-0.1, -0.05) is 37.0 Å². The molecule has 2 aromatic heterocycles. The largest absolute Gasteiger partial charge is 0.355 e. The zero-order valence-electron chi connectivity index (χ0n) is 14.2. The van der Waals surface area contributed by atoms with Crippen LogP contribution in [0.25, 0.3) is 11.2 Å². The summed E-state index contributed by atoms with van der Waals surface area (Å²) in [7, 11) is 0. The van der Waals surface area contributed by atoms with Gasteiger partial charge in [0, 0.05) is 35.9 Å². The Kier molecular flexibility index (Phi) is 5.47. The molecule has 0 radical (unpaired) electrons. The van der Waals surface area contributed by atoms with Gasteiger partial charge < -0.3 is 15.6 Å². The molecule has 7 heteroatoms. The molecule has 2 heterocycles. The van der Waals surface area contributed by atoms with Crippen molar-refractivity contribution in [3.05, 3.63) is 52.1 Å². The molecule has 3 N–H and O–H groups in total. The number of aromatic amines is 1. The molecular weight excluding hydrogens is 357 g/mol. The van der Waals surface area contributed by atoms with Crippen LogP contribution in [0.15, 0.2) is 36.5 Å². The summed E-state index contributed by atoms with van der Waals surface area (Å²) < 4.78 is 0. The number of nitrogens with zero attached hydrogens (tertiary/aromatic N) is 2. The first kappa shape index (κ1) is 18.0. The molecule has 132 valence electrons. The number of pyridine rings is 1. The highest BCUT2D eigenvalue weighted by atomic mass is 35.5. The van der Waals surface area contributed by atoms with Gasteiger partial charge in [-0.15, -0.1) is 0 Å². The lowest BCUT2D eigenvalue weighted by Crippen LogP contribution is -2.35. The van der Waals surface area contributed by atoms with Gasteiger partial charge in [0.1, 0.15) is 0 Å². The van der Waals surface area contributed by atoms with Crippen LogP contribution in [0.2, 0.25) is 10.0 Å². The molecule has 0 atom stereocenters. The van der Waals surface area contributed by atoms with Gasteiger partial charge in [-0.3, -0.25) is 0 Å². The monoisotopic (exact) mass is 377 g/mol. The molecule has 0 saturated carbocycles. The number of benzene rings is 1. The molecule has 0 amide bonds. The number of H-pyrrole nitrogens is 1. The Morgan fingerprint density at radius 2 is 1.88 bits per heavy atom. The van der Waals surface area contributed by atoms with Crippen LogP contribution in [0.1, 0.15) is 19.4 Å². The maximum atomic E-state index is 6.03. The number of fused-ring (bicyclic) bond motifs is 1. The van der Waals surface area contributed by atoms with E-state index in [-0.39, 0.29) is 5.41 Å². The standard InChI is InChI=1S/C18H21Cl2N5/c1-18(2,10-21-9-12-6-13(19)8-14(20)7-12)11-23-17-24-15-4-3-5-22-16(15)25-17/h3-8,21H,9-11H2,1-2H3,(H2,22,23,24,25). The predicted octanol–water partition coefficient (Wildman–Crippen LogP) is 4.49. The quantitative estimate of drug-likeness (QED) is 0.567. The lowest BCUT2D eigenvalue weighted by molar-refractivity contribution is 0.361. The summed E-state index contributed by atoms with van der Waals surface area (Å²) in [6.07, 6.45) is 1.74. The lowest BCUT2D eigenvalue weighted by Gasteiger charge is -2.25. The number of rotatable bonds is 7. The minimum Gasteiger partial charge on any atom is -0.355 e. The number of imidazole rings is 1. The summed E-state index contributed by atoms with van der Waals surface area (Å²) in [5.74, 6) is 0.739. The van der Waals surface area contributed by atoms with E-state index in [1.165, 1.54) is 0 Å². The Balaban J connectivity index is 1.51. The normalized spacial score (nSPS) is 11.8. The second kappa shape index (κ2) is 7.60. The highest BCUT2D eigenvalue weighted by Gasteiger charge is 2.18. The van der Waals surface area contributed by atoms with Gasteiger partial charge in [-0.2, -0.15) is 4.98 Å². The van der Waals surface area contributed by atoms with Gasteiger partial charge in [-0.05, 0) is 41.3 Å². The van der Waals surface area contributed by atoms with Crippen LogP contribution in [0.4, 0.5) is 5.95 Å². The summed E-state index contributed by atoms with van der Waals surface area (Å²) in [5.41, 5.74) is 2.76. The first-order chi connectivity index (χ1) is 11.9. The van der Waals surface area contributed by atoms with Crippen molar-refractivity contribution in [2.75, 3.05) is 18.4 Å². The Labute approximate surface area is 157 Å². The number of hydrogen-bond donors (Lipinski definition) is 3. The average molecular weight is 378 g/mol. The van der Waals surface area contributed by atoms with E-state index in [1.54, 1.807) is 12.3 Å². The van der Waals surface area contributed by atoms with E-state index in [4.69, 9.17) is 23.2 Å². The van der Waals surface area contributed by atoms with Crippen molar-refractivity contribution in [2.24, 2.45) is 5.41 Å². The van der Waals surface area contributed by atoms with E-state index in [0.29, 0.717) is 10.0 Å². The number of nitrogens with one attached hydrogen (secondary N) is 3. The Bertz CT molecular complexity index is 806. The first-order valence-corrected chi connectivity index (χ1v) is 8.87. The maximum absolute atomic E-state index is 6.03. The van der Waals surface area contributed by atoms with E-state index < -0.39 is 0 Å². The highest BCUT2D eigenvalue weighted by molar-refractivity contribution is 6.34. The molecule has 25 heavy (non-hydrogen) atoms. The van der Waals surface area contributed by atoms with Crippen LogP contribution in [0.5, 0.6) is 0 Å². The van der Waals surface area contributed by atoms with Crippen molar-refractivity contribution in [3.8, 4) is 0 Å². The molecule has 5 nitrogen and oxygen atoms in total. The highest BCUT2D eigenvalue weighted by Crippen LogP contribution is 2.20. The van der Waals surface area contributed by atoms with Crippen LogP contribution in [0.3, 0.4) is 0 Å². The summed E-state index contributed by atoms with van der Waals surface area (Å²) in [4.78, 5) is 11.9. The van der Waals surface area contributed by atoms with Gasteiger partial charge in [0.25, 0.3) is 0 Å². The van der Waals surface area contributed by atoms with Crippen molar-refractivity contribution in [3.63, 3.8) is 0 Å². The minimum absolute atomic E-state index is 0.0365. The van der Waals surface area contributed by atoms with Gasteiger partial charge >= 0.3 is 0 Å². The molecule has 3 aromatic rings. The number of anilines is 1. The molecule has 0 unspecified atom stereocenters. The van der Waals surface area contributed by atoms with E-state index in [9.17, 15) is 0 Å². The number of halogens is 2. The Morgan fingerprint density at radius 3 is 2.60 bits per heavy atom. The van der Waals surface area contributed by atoms with Crippen LogP contribution in [-0.2, 0) is 6.54 Å². The summed E-state index contributed by atoms with van der Waals surface area (Å²) >= 11 is 12.1. The van der Waals surface area contributed by atoms with E-state index in [0.717, 1.165) is 42.3 Å². The molecule has 0 aliphatic rings. The molecule has 0 bridgehead atoms. The fourth-order valence-corrected chi connectivity index (χ4v) is 3.14. The van der Waals surface area contributed by atoms with Crippen LogP contribution < -0.4 is 10.6 Å². The lowest BCUT2D eigenvalue weighted by atomic mass is 9.93. The van der Waals surface area contributed by atoms with Gasteiger partial charge in [0.15, 0.2) is 5.65 Å². The Morgan fingerprint density at radius 1 is 1.12 bits per heavy atom. The topological polar surface area (TPSA) is 65.6 Å². The fourth-order valence-electron chi connectivity index (χ4n) is 2.57. The summed E-state index contributed by atoms with van der Waals surface area (Å²) in [6, 6.07) is 9.44. The van der Waals surface area contributed by atoms with Crippen molar-refractivity contribution in [1.29, 1.82) is 0 Å². The second-order valence-electron chi connectivity index (χ2n) is 6.86. The van der Waals surface area contributed by atoms with Crippen LogP contribution in [-0.4, -0.2) is 28.0 Å². The molecule has 1 aromatic carbocycles. The number of aromatic nitrogens is 3. The smallest absolute Gasteiger partial charge is 0.202 e. The van der Waals surface area contributed by atoms with E-state index in [2.05, 4.69) is 39.4 Å². The minimum atomic E-state index is 0.0365. The van der Waals surface area contributed by atoms with Crippen molar-refractivity contribution in [1.82, 2.24) is 20.3 Å². The second-order valence-corrected chi connectivity index (χ2v) is 7.73. The van der Waals surface area contributed by atoms with Crippen molar-refractivity contribution in [2.45, 2.75) is 20.4 Å². The third kappa shape index (κ3) is 5.08. The molecule has 0 aliphatic carbocycles. The maximum Gasteiger partial charge on any atom is 0.202 e. The third-order valence-electron chi connectivity index (χ3n) is 3.85. The van der Waals surface area contributed by atoms with Gasteiger partial charge in [0.05, 0.1) is 5.52 Å². The average Bonchev–Trinajstić information content (AvgIpc) is 2.95. The predicted molar refractivity (Wildman–Crippen MR) is 104 cm³/mol. The van der Waals surface area contributed by atoms with Crippen molar-refractivity contribution >= 4 is 40.3 Å².